The van der Waals surface area contributed by atoms with E-state index in [0.717, 1.165) is 44.1 Å². The Morgan fingerprint density at radius 2 is 1.79 bits per heavy atom. The predicted octanol–water partition coefficient (Wildman–Crippen LogP) is 4.92. The van der Waals surface area contributed by atoms with E-state index in [1.165, 1.54) is 6.07 Å². The van der Waals surface area contributed by atoms with Crippen LogP contribution in [0.4, 0.5) is 11.4 Å². The molecule has 1 saturated heterocycles. The zero-order valence-corrected chi connectivity index (χ0v) is 18.9. The fourth-order valence-corrected chi connectivity index (χ4v) is 4.21. The molecule has 2 aromatic carbocycles. The molecule has 2 aromatic rings. The van der Waals surface area contributed by atoms with Gasteiger partial charge in [-0.1, -0.05) is 47.8 Å². The van der Waals surface area contributed by atoms with E-state index in [-0.39, 0.29) is 10.1 Å². The van der Waals surface area contributed by atoms with E-state index < -0.39 is 5.91 Å². The summed E-state index contributed by atoms with van der Waals surface area (Å²) in [4.78, 5) is 17.1. The van der Waals surface area contributed by atoms with Gasteiger partial charge in [-0.25, -0.2) is 0 Å². The number of piperazine rings is 1. The minimum atomic E-state index is -0.413. The molecule has 1 amide bonds. The van der Waals surface area contributed by atoms with Gasteiger partial charge >= 0.3 is 0 Å². The third-order valence-corrected chi connectivity index (χ3v) is 5.83. The number of nitrogens with zero attached hydrogens (tertiary/aromatic N) is 2. The van der Waals surface area contributed by atoms with E-state index in [9.17, 15) is 4.79 Å². The van der Waals surface area contributed by atoms with Crippen LogP contribution in [0.5, 0.6) is 0 Å². The lowest BCUT2D eigenvalue weighted by molar-refractivity contribution is 0.0978. The van der Waals surface area contributed by atoms with Gasteiger partial charge in [0.1, 0.15) is 0 Å². The van der Waals surface area contributed by atoms with Gasteiger partial charge < -0.3 is 15.1 Å². The van der Waals surface area contributed by atoms with Gasteiger partial charge in [-0.2, -0.15) is 0 Å². The number of amides is 1. The van der Waals surface area contributed by atoms with Gasteiger partial charge in [0.25, 0.3) is 5.91 Å². The number of hydrogen-bond donors (Lipinski definition) is 2. The van der Waals surface area contributed by atoms with Crippen molar-refractivity contribution >= 4 is 69.4 Å². The second kappa shape index (κ2) is 9.96. The van der Waals surface area contributed by atoms with Crippen molar-refractivity contribution < 1.29 is 4.79 Å². The van der Waals surface area contributed by atoms with Gasteiger partial charge in [0.15, 0.2) is 5.11 Å². The number of likely N-dealkylation sites (N-methyl/N-ethyl adjacent to an activating group) is 1. The number of carbonyl (C=O) groups excluding carboxylic acids is 1. The number of halogens is 3. The van der Waals surface area contributed by atoms with Crippen LogP contribution in [0.3, 0.4) is 0 Å². The zero-order valence-electron chi connectivity index (χ0n) is 15.8. The van der Waals surface area contributed by atoms with E-state index in [1.54, 1.807) is 12.1 Å². The summed E-state index contributed by atoms with van der Waals surface area (Å²) in [6.07, 6.45) is 0. The average Bonchev–Trinajstić information content (AvgIpc) is 2.68. The van der Waals surface area contributed by atoms with Crippen molar-refractivity contribution in [2.45, 2.75) is 6.92 Å². The first-order valence-corrected chi connectivity index (χ1v) is 10.8. The minimum absolute atomic E-state index is 0.164. The maximum atomic E-state index is 12.5. The number of rotatable bonds is 4. The smallest absolute Gasteiger partial charge is 0.258 e. The highest BCUT2D eigenvalue weighted by Crippen LogP contribution is 2.34. The third kappa shape index (κ3) is 5.53. The number of nitrogens with one attached hydrogen (secondary N) is 2. The van der Waals surface area contributed by atoms with E-state index >= 15 is 0 Å². The molecule has 1 fully saturated rings. The summed E-state index contributed by atoms with van der Waals surface area (Å²) < 4.78 is 0. The van der Waals surface area contributed by atoms with Crippen molar-refractivity contribution in [2.24, 2.45) is 0 Å². The summed E-state index contributed by atoms with van der Waals surface area (Å²) in [6.45, 7) is 6.86. The summed E-state index contributed by atoms with van der Waals surface area (Å²) in [5.41, 5.74) is 1.92. The number of benzene rings is 2. The first-order valence-electron chi connectivity index (χ1n) is 9.22. The summed E-state index contributed by atoms with van der Waals surface area (Å²) in [5.74, 6) is -0.413. The number of thiocarbonyl (C=S) groups is 1. The fourth-order valence-electron chi connectivity index (χ4n) is 3.22. The SMILES string of the molecule is CCN1CCN(c2c(Cl)cccc2NC(=S)NC(=O)c2ccc(Cl)cc2Cl)CC1. The van der Waals surface area contributed by atoms with Crippen molar-refractivity contribution in [1.29, 1.82) is 0 Å². The van der Waals surface area contributed by atoms with Crippen LogP contribution in [0.15, 0.2) is 36.4 Å². The molecule has 0 radical (unpaired) electrons. The van der Waals surface area contributed by atoms with Crippen LogP contribution in [0.1, 0.15) is 17.3 Å². The molecule has 1 aliphatic heterocycles. The number of anilines is 2. The maximum Gasteiger partial charge on any atom is 0.258 e. The van der Waals surface area contributed by atoms with E-state index in [0.29, 0.717) is 15.6 Å². The Morgan fingerprint density at radius 3 is 2.45 bits per heavy atom. The van der Waals surface area contributed by atoms with Crippen LogP contribution in [0.25, 0.3) is 0 Å². The van der Waals surface area contributed by atoms with Crippen LogP contribution in [-0.2, 0) is 0 Å². The molecule has 0 atom stereocenters. The molecule has 5 nitrogen and oxygen atoms in total. The molecule has 0 aromatic heterocycles. The van der Waals surface area contributed by atoms with Crippen molar-refractivity contribution in [3.05, 3.63) is 57.0 Å². The number of carbonyl (C=O) groups is 1. The standard InChI is InChI=1S/C20H21Cl3N4OS/c1-2-26-8-10-27(11-9-26)18-15(22)4-3-5-17(18)24-20(29)25-19(28)14-7-6-13(21)12-16(14)23/h3-7,12H,2,8-11H2,1H3,(H2,24,25,28,29). The normalized spacial score (nSPS) is 14.6. The highest BCUT2D eigenvalue weighted by atomic mass is 35.5. The molecule has 1 heterocycles. The maximum absolute atomic E-state index is 12.5. The minimum Gasteiger partial charge on any atom is -0.366 e. The summed E-state index contributed by atoms with van der Waals surface area (Å²) >= 11 is 23.8. The molecule has 0 saturated carbocycles. The van der Waals surface area contributed by atoms with Crippen LogP contribution in [-0.4, -0.2) is 48.6 Å². The number of para-hydroxylation sites is 1. The Kier molecular flexibility index (Phi) is 7.60. The first kappa shape index (κ1) is 22.1. The molecule has 3 rings (SSSR count). The molecule has 0 unspecified atom stereocenters. The lowest BCUT2D eigenvalue weighted by atomic mass is 10.2. The summed E-state index contributed by atoms with van der Waals surface area (Å²) in [7, 11) is 0. The Balaban J connectivity index is 1.72. The monoisotopic (exact) mass is 470 g/mol. The van der Waals surface area contributed by atoms with Crippen LogP contribution >= 0.6 is 47.0 Å². The van der Waals surface area contributed by atoms with Gasteiger partial charge in [-0.05, 0) is 49.1 Å². The van der Waals surface area contributed by atoms with Gasteiger partial charge in [0.2, 0.25) is 0 Å². The molecule has 1 aliphatic rings. The van der Waals surface area contributed by atoms with Gasteiger partial charge in [0.05, 0.1) is 27.0 Å². The highest BCUT2D eigenvalue weighted by Gasteiger charge is 2.21. The molecule has 154 valence electrons. The lowest BCUT2D eigenvalue weighted by Gasteiger charge is -2.37. The largest absolute Gasteiger partial charge is 0.366 e. The first-order chi connectivity index (χ1) is 13.9. The lowest BCUT2D eigenvalue weighted by Crippen LogP contribution is -2.46. The van der Waals surface area contributed by atoms with E-state index in [1.807, 2.05) is 18.2 Å². The van der Waals surface area contributed by atoms with E-state index in [2.05, 4.69) is 27.4 Å². The van der Waals surface area contributed by atoms with Gasteiger partial charge in [0, 0.05) is 31.2 Å². The second-order valence-electron chi connectivity index (χ2n) is 6.59. The fraction of sp³-hybridized carbons (Fsp3) is 0.300. The molecule has 0 bridgehead atoms. The van der Waals surface area contributed by atoms with Crippen molar-refractivity contribution in [3.8, 4) is 0 Å². The quantitative estimate of drug-likeness (QED) is 0.620. The van der Waals surface area contributed by atoms with Crippen molar-refractivity contribution in [3.63, 3.8) is 0 Å². The predicted molar refractivity (Wildman–Crippen MR) is 126 cm³/mol. The zero-order chi connectivity index (χ0) is 21.0. The molecule has 2 N–H and O–H groups in total. The van der Waals surface area contributed by atoms with Crippen molar-refractivity contribution in [1.82, 2.24) is 10.2 Å². The molecule has 0 aliphatic carbocycles. The topological polar surface area (TPSA) is 47.6 Å². The Hall–Kier alpha value is -1.57. The average molecular weight is 472 g/mol. The Labute approximate surface area is 190 Å². The van der Waals surface area contributed by atoms with Crippen molar-refractivity contribution in [2.75, 3.05) is 42.9 Å². The Morgan fingerprint density at radius 1 is 1.07 bits per heavy atom. The van der Waals surface area contributed by atoms with Gasteiger partial charge in [-0.3, -0.25) is 10.1 Å². The third-order valence-electron chi connectivity index (χ3n) is 4.77. The van der Waals surface area contributed by atoms with Crippen LogP contribution in [0, 0.1) is 0 Å². The second-order valence-corrected chi connectivity index (χ2v) is 8.25. The molecule has 0 spiro atoms. The van der Waals surface area contributed by atoms with Gasteiger partial charge in [-0.15, -0.1) is 0 Å². The molecule has 9 heteroatoms. The summed E-state index contributed by atoms with van der Waals surface area (Å²) in [5, 5.41) is 7.27. The molecular weight excluding hydrogens is 451 g/mol. The Bertz CT molecular complexity index is 917. The number of hydrogen-bond acceptors (Lipinski definition) is 4. The summed E-state index contributed by atoms with van der Waals surface area (Å²) in [6, 6.07) is 10.3. The van der Waals surface area contributed by atoms with E-state index in [4.69, 9.17) is 47.0 Å². The van der Waals surface area contributed by atoms with Crippen LogP contribution in [0.2, 0.25) is 15.1 Å². The molecular formula is C20H21Cl3N4OS. The molecule has 29 heavy (non-hydrogen) atoms. The van der Waals surface area contributed by atoms with Crippen LogP contribution < -0.4 is 15.5 Å². The highest BCUT2D eigenvalue weighted by molar-refractivity contribution is 7.80.